The van der Waals surface area contributed by atoms with Crippen molar-refractivity contribution in [2.75, 3.05) is 6.54 Å². The van der Waals surface area contributed by atoms with E-state index in [1.165, 1.54) is 12.8 Å². The van der Waals surface area contributed by atoms with Crippen LogP contribution in [0.15, 0.2) is 0 Å². The molecule has 1 aliphatic carbocycles. The van der Waals surface area contributed by atoms with Crippen LogP contribution in [-0.2, 0) is 9.59 Å². The van der Waals surface area contributed by atoms with Crippen LogP contribution >= 0.6 is 0 Å². The van der Waals surface area contributed by atoms with Gasteiger partial charge in [0.15, 0.2) is 0 Å². The zero-order valence-electron chi connectivity index (χ0n) is 10.4. The molecular formula is C12H22N2O3. The average molecular weight is 242 g/mol. The molecular weight excluding hydrogens is 220 g/mol. The highest BCUT2D eigenvalue weighted by molar-refractivity contribution is 5.83. The highest BCUT2D eigenvalue weighted by Gasteiger charge is 2.21. The third kappa shape index (κ3) is 6.26. The number of hydrogen-bond donors (Lipinski definition) is 3. The minimum Gasteiger partial charge on any atom is -0.480 e. The predicted molar refractivity (Wildman–Crippen MR) is 64.7 cm³/mol. The molecule has 0 radical (unpaired) electrons. The fraction of sp³-hybridized carbons (Fsp3) is 0.833. The highest BCUT2D eigenvalue weighted by atomic mass is 16.4. The van der Waals surface area contributed by atoms with Crippen LogP contribution < -0.4 is 10.6 Å². The lowest BCUT2D eigenvalue weighted by Gasteiger charge is -2.14. The number of nitrogens with one attached hydrogen (secondary N) is 2. The normalized spacial score (nSPS) is 16.5. The number of carboxylic acid groups (broad SMARTS) is 1. The van der Waals surface area contributed by atoms with Crippen molar-refractivity contribution in [3.05, 3.63) is 0 Å². The van der Waals surface area contributed by atoms with E-state index in [-0.39, 0.29) is 5.91 Å². The van der Waals surface area contributed by atoms with E-state index >= 15 is 0 Å². The van der Waals surface area contributed by atoms with Crippen LogP contribution in [0, 0.1) is 0 Å². The van der Waals surface area contributed by atoms with E-state index < -0.39 is 12.0 Å². The van der Waals surface area contributed by atoms with Gasteiger partial charge in [-0.05, 0) is 19.3 Å². The standard InChI is InChI=1S/C12H22N2O3/c1-2-3-4-10(12(16)17)14-11(15)7-8-13-9-5-6-9/h9-10,13H,2-8H2,1H3,(H,14,15)(H,16,17)/t10-/m0/s1. The first-order valence-electron chi connectivity index (χ1n) is 6.39. The zero-order valence-corrected chi connectivity index (χ0v) is 10.4. The van der Waals surface area contributed by atoms with Crippen LogP contribution in [0.1, 0.15) is 45.4 Å². The molecule has 0 unspecified atom stereocenters. The molecule has 0 aromatic carbocycles. The van der Waals surface area contributed by atoms with E-state index in [9.17, 15) is 9.59 Å². The minimum absolute atomic E-state index is 0.179. The maximum absolute atomic E-state index is 11.5. The van der Waals surface area contributed by atoms with Gasteiger partial charge in [0.2, 0.25) is 5.91 Å². The van der Waals surface area contributed by atoms with E-state index in [0.29, 0.717) is 25.4 Å². The monoisotopic (exact) mass is 242 g/mol. The van der Waals surface area contributed by atoms with E-state index in [2.05, 4.69) is 10.6 Å². The summed E-state index contributed by atoms with van der Waals surface area (Å²) in [7, 11) is 0. The van der Waals surface area contributed by atoms with E-state index in [1.54, 1.807) is 0 Å². The number of carbonyl (C=O) groups is 2. The van der Waals surface area contributed by atoms with Crippen LogP contribution in [-0.4, -0.2) is 35.6 Å². The first-order chi connectivity index (χ1) is 8.13. The van der Waals surface area contributed by atoms with Crippen LogP contribution in [0.2, 0.25) is 0 Å². The Bertz CT molecular complexity index is 264. The van der Waals surface area contributed by atoms with Crippen molar-refractivity contribution in [1.82, 2.24) is 10.6 Å². The van der Waals surface area contributed by atoms with Crippen molar-refractivity contribution in [2.45, 2.75) is 57.5 Å². The second-order valence-electron chi connectivity index (χ2n) is 4.58. The number of rotatable bonds is 9. The molecule has 1 aliphatic rings. The Hall–Kier alpha value is -1.10. The first kappa shape index (κ1) is 14.0. The molecule has 3 N–H and O–H groups in total. The summed E-state index contributed by atoms with van der Waals surface area (Å²) in [5.41, 5.74) is 0. The number of carbonyl (C=O) groups excluding carboxylic acids is 1. The third-order valence-corrected chi connectivity index (χ3v) is 2.84. The molecule has 5 heteroatoms. The lowest BCUT2D eigenvalue weighted by Crippen LogP contribution is -2.41. The van der Waals surface area contributed by atoms with Gasteiger partial charge in [0, 0.05) is 19.0 Å². The first-order valence-corrected chi connectivity index (χ1v) is 6.39. The lowest BCUT2D eigenvalue weighted by molar-refractivity contribution is -0.142. The van der Waals surface area contributed by atoms with Crippen LogP contribution in [0.5, 0.6) is 0 Å². The van der Waals surface area contributed by atoms with Gasteiger partial charge < -0.3 is 15.7 Å². The molecule has 1 saturated carbocycles. The molecule has 17 heavy (non-hydrogen) atoms. The molecule has 5 nitrogen and oxygen atoms in total. The maximum atomic E-state index is 11.5. The number of amides is 1. The van der Waals surface area contributed by atoms with Crippen LogP contribution in [0.3, 0.4) is 0 Å². The minimum atomic E-state index is -0.943. The summed E-state index contributed by atoms with van der Waals surface area (Å²) in [6.07, 6.45) is 4.99. The largest absolute Gasteiger partial charge is 0.480 e. The molecule has 1 fully saturated rings. The van der Waals surface area contributed by atoms with Gasteiger partial charge in [-0.15, -0.1) is 0 Å². The van der Waals surface area contributed by atoms with Crippen LogP contribution in [0.25, 0.3) is 0 Å². The van der Waals surface area contributed by atoms with Gasteiger partial charge >= 0.3 is 5.97 Å². The number of unbranched alkanes of at least 4 members (excludes halogenated alkanes) is 1. The molecule has 1 atom stereocenters. The Balaban J connectivity index is 2.16. The summed E-state index contributed by atoms with van der Waals surface area (Å²) in [5.74, 6) is -1.12. The lowest BCUT2D eigenvalue weighted by atomic mass is 10.1. The number of hydrogen-bond acceptors (Lipinski definition) is 3. The molecule has 0 aromatic rings. The van der Waals surface area contributed by atoms with Crippen LogP contribution in [0.4, 0.5) is 0 Å². The molecule has 0 aromatic heterocycles. The van der Waals surface area contributed by atoms with Gasteiger partial charge in [-0.3, -0.25) is 4.79 Å². The van der Waals surface area contributed by atoms with E-state index in [0.717, 1.165) is 12.8 Å². The number of aliphatic carboxylic acids is 1. The molecule has 1 rings (SSSR count). The number of carboxylic acids is 1. The topological polar surface area (TPSA) is 78.4 Å². The van der Waals surface area contributed by atoms with Crippen molar-refractivity contribution in [3.63, 3.8) is 0 Å². The predicted octanol–water partition coefficient (Wildman–Crippen LogP) is 0.888. The highest BCUT2D eigenvalue weighted by Crippen LogP contribution is 2.18. The summed E-state index contributed by atoms with van der Waals surface area (Å²) in [6.45, 7) is 2.64. The SMILES string of the molecule is CCCC[C@H](NC(=O)CCNC1CC1)C(=O)O. The summed E-state index contributed by atoms with van der Waals surface area (Å²) in [5, 5.41) is 14.7. The van der Waals surface area contributed by atoms with Crippen molar-refractivity contribution >= 4 is 11.9 Å². The molecule has 0 aliphatic heterocycles. The molecule has 0 bridgehead atoms. The molecule has 0 spiro atoms. The van der Waals surface area contributed by atoms with Crippen molar-refractivity contribution in [1.29, 1.82) is 0 Å². The Kier molecular flexibility index (Phi) is 5.97. The van der Waals surface area contributed by atoms with Gasteiger partial charge in [-0.25, -0.2) is 4.79 Å². The van der Waals surface area contributed by atoms with Crippen molar-refractivity contribution < 1.29 is 14.7 Å². The molecule has 1 amide bonds. The van der Waals surface area contributed by atoms with Crippen molar-refractivity contribution in [2.24, 2.45) is 0 Å². The summed E-state index contributed by atoms with van der Waals surface area (Å²) < 4.78 is 0. The Morgan fingerprint density at radius 3 is 2.65 bits per heavy atom. The quantitative estimate of drug-likeness (QED) is 0.561. The van der Waals surface area contributed by atoms with E-state index in [1.807, 2.05) is 6.92 Å². The summed E-state index contributed by atoms with van der Waals surface area (Å²) in [6, 6.07) is -0.151. The molecule has 98 valence electrons. The Morgan fingerprint density at radius 2 is 2.12 bits per heavy atom. The summed E-state index contributed by atoms with van der Waals surface area (Å²) in [4.78, 5) is 22.4. The fourth-order valence-electron chi connectivity index (χ4n) is 1.61. The Morgan fingerprint density at radius 1 is 1.41 bits per heavy atom. The van der Waals surface area contributed by atoms with Crippen molar-refractivity contribution in [3.8, 4) is 0 Å². The maximum Gasteiger partial charge on any atom is 0.326 e. The van der Waals surface area contributed by atoms with Gasteiger partial charge in [0.1, 0.15) is 6.04 Å². The average Bonchev–Trinajstić information content (AvgIpc) is 3.07. The zero-order chi connectivity index (χ0) is 12.7. The second kappa shape index (κ2) is 7.27. The van der Waals surface area contributed by atoms with E-state index in [4.69, 9.17) is 5.11 Å². The van der Waals surface area contributed by atoms with Gasteiger partial charge in [-0.1, -0.05) is 19.8 Å². The second-order valence-corrected chi connectivity index (χ2v) is 4.58. The fourth-order valence-corrected chi connectivity index (χ4v) is 1.61. The van der Waals surface area contributed by atoms with Gasteiger partial charge in [-0.2, -0.15) is 0 Å². The third-order valence-electron chi connectivity index (χ3n) is 2.84. The molecule has 0 saturated heterocycles. The smallest absolute Gasteiger partial charge is 0.326 e. The molecule has 0 heterocycles. The van der Waals surface area contributed by atoms with Gasteiger partial charge in [0.25, 0.3) is 0 Å². The van der Waals surface area contributed by atoms with Gasteiger partial charge in [0.05, 0.1) is 0 Å². The Labute approximate surface area is 102 Å². The summed E-state index contributed by atoms with van der Waals surface area (Å²) >= 11 is 0.